The third-order valence-electron chi connectivity index (χ3n) is 9.19. The number of rotatable bonds is 11. The molecule has 0 spiro atoms. The number of hydrogen-bond donors (Lipinski definition) is 1. The van der Waals surface area contributed by atoms with Crippen molar-refractivity contribution < 1.29 is 33.8 Å². The number of carbonyl (C=O) groups is 3. The van der Waals surface area contributed by atoms with Crippen LogP contribution in [0.3, 0.4) is 0 Å². The Bertz CT molecular complexity index is 2060. The molecule has 6 aromatic rings. The van der Waals surface area contributed by atoms with E-state index in [1.54, 1.807) is 14.2 Å². The van der Waals surface area contributed by atoms with Gasteiger partial charge in [0.25, 0.3) is 11.8 Å². The van der Waals surface area contributed by atoms with E-state index >= 15 is 0 Å². The molecule has 1 fully saturated rings. The zero-order chi connectivity index (χ0) is 35.2. The second-order valence-corrected chi connectivity index (χ2v) is 12.6. The fraction of sp³-hybridized carbons (Fsp3) is 0.262. The molecule has 1 heterocycles. The summed E-state index contributed by atoms with van der Waals surface area (Å²) in [6.45, 7) is 2.16. The molecule has 0 bridgehead atoms. The molecule has 1 atom stereocenters. The lowest BCUT2D eigenvalue weighted by molar-refractivity contribution is -0.197. The molecule has 0 aromatic heterocycles. The Balaban J connectivity index is 0.000000209. The van der Waals surface area contributed by atoms with Crippen molar-refractivity contribution in [3.8, 4) is 11.5 Å². The predicted octanol–water partition coefficient (Wildman–Crippen LogP) is 8.39. The number of hydroxylamine groups is 2. The minimum atomic E-state index is -0.772. The van der Waals surface area contributed by atoms with E-state index in [1.165, 1.54) is 37.9 Å². The number of aliphatic hydroxyl groups excluding tert-OH is 1. The Hall–Kier alpha value is -5.47. The highest BCUT2D eigenvalue weighted by molar-refractivity contribution is 6.23. The maximum absolute atomic E-state index is 11.9. The largest absolute Gasteiger partial charge is 0.497 e. The van der Waals surface area contributed by atoms with Gasteiger partial charge in [-0.3, -0.25) is 9.59 Å². The Morgan fingerprint density at radius 3 is 1.94 bits per heavy atom. The van der Waals surface area contributed by atoms with Gasteiger partial charge in [-0.05, 0) is 105 Å². The van der Waals surface area contributed by atoms with Crippen LogP contribution < -0.4 is 9.47 Å². The van der Waals surface area contributed by atoms with Crippen LogP contribution in [0.2, 0.25) is 0 Å². The molecule has 50 heavy (non-hydrogen) atoms. The van der Waals surface area contributed by atoms with Gasteiger partial charge < -0.3 is 19.4 Å². The number of amides is 2. The molecule has 0 radical (unpaired) electrons. The van der Waals surface area contributed by atoms with E-state index in [-0.39, 0.29) is 19.3 Å². The Kier molecular flexibility index (Phi) is 10.6. The molecule has 1 N–H and O–H groups in total. The van der Waals surface area contributed by atoms with Crippen LogP contribution in [-0.2, 0) is 25.6 Å². The Morgan fingerprint density at radius 2 is 1.32 bits per heavy atom. The molecule has 1 aliphatic rings. The van der Waals surface area contributed by atoms with Gasteiger partial charge >= 0.3 is 5.97 Å². The first-order valence-corrected chi connectivity index (χ1v) is 17.0. The molecular formula is C42H41NO7. The monoisotopic (exact) mass is 671 g/mol. The van der Waals surface area contributed by atoms with Crippen molar-refractivity contribution in [1.29, 1.82) is 0 Å². The van der Waals surface area contributed by atoms with Gasteiger partial charge in [-0.15, -0.1) is 5.06 Å². The number of hydrogen-bond acceptors (Lipinski definition) is 7. The number of imide groups is 1. The second-order valence-electron chi connectivity index (χ2n) is 12.6. The SMILES string of the molecule is COc1ccc(C(O)c2ccc(OC)c(CCCCCC(=O)ON3C(=O)CCC3=O)c2)cc1.Cc1cc2ccc3cccc4ccc(c1)c2c34. The Labute approximate surface area is 291 Å². The normalized spacial score (nSPS) is 13.5. The third-order valence-corrected chi connectivity index (χ3v) is 9.19. The number of ether oxygens (including phenoxy) is 2. The molecule has 7 rings (SSSR count). The molecule has 256 valence electrons. The van der Waals surface area contributed by atoms with Gasteiger partial charge in [0.05, 0.1) is 14.2 Å². The summed E-state index contributed by atoms with van der Waals surface area (Å²) in [5, 5.41) is 19.6. The lowest BCUT2D eigenvalue weighted by Crippen LogP contribution is -2.31. The van der Waals surface area contributed by atoms with Crippen LogP contribution in [-0.4, -0.2) is 42.2 Å². The van der Waals surface area contributed by atoms with Gasteiger partial charge in [-0.1, -0.05) is 79.2 Å². The number of benzene rings is 6. The highest BCUT2D eigenvalue weighted by Crippen LogP contribution is 2.35. The summed E-state index contributed by atoms with van der Waals surface area (Å²) in [5.74, 6) is -0.0647. The van der Waals surface area contributed by atoms with Crippen LogP contribution in [0, 0.1) is 6.92 Å². The molecular weight excluding hydrogens is 630 g/mol. The number of nitrogens with zero attached hydrogens (tertiary/aromatic N) is 1. The Morgan fingerprint density at radius 1 is 0.720 bits per heavy atom. The summed E-state index contributed by atoms with van der Waals surface area (Å²) in [5.41, 5.74) is 3.83. The van der Waals surface area contributed by atoms with Crippen LogP contribution in [0.4, 0.5) is 0 Å². The molecule has 2 amide bonds. The molecule has 1 aliphatic heterocycles. The van der Waals surface area contributed by atoms with Crippen LogP contribution in [0.15, 0.2) is 97.1 Å². The van der Waals surface area contributed by atoms with E-state index < -0.39 is 23.9 Å². The lowest BCUT2D eigenvalue weighted by Gasteiger charge is -2.16. The first-order chi connectivity index (χ1) is 24.2. The molecule has 0 aliphatic carbocycles. The highest BCUT2D eigenvalue weighted by Gasteiger charge is 2.32. The minimum Gasteiger partial charge on any atom is -0.497 e. The van der Waals surface area contributed by atoms with Gasteiger partial charge in [0.1, 0.15) is 17.6 Å². The number of carbonyl (C=O) groups excluding carboxylic acids is 3. The highest BCUT2D eigenvalue weighted by atomic mass is 16.7. The summed E-state index contributed by atoms with van der Waals surface area (Å²) < 4.78 is 10.6. The number of methoxy groups -OCH3 is 2. The van der Waals surface area contributed by atoms with Crippen molar-refractivity contribution in [2.24, 2.45) is 0 Å². The molecule has 1 saturated heterocycles. The lowest BCUT2D eigenvalue weighted by atomic mass is 9.93. The van der Waals surface area contributed by atoms with E-state index in [4.69, 9.17) is 14.3 Å². The maximum atomic E-state index is 11.9. The van der Waals surface area contributed by atoms with Crippen molar-refractivity contribution in [1.82, 2.24) is 5.06 Å². The minimum absolute atomic E-state index is 0.0835. The number of unbranched alkanes of at least 4 members (excludes halogenated alkanes) is 2. The van der Waals surface area contributed by atoms with Gasteiger partial charge in [0.15, 0.2) is 0 Å². The summed E-state index contributed by atoms with van der Waals surface area (Å²) >= 11 is 0. The van der Waals surface area contributed by atoms with Gasteiger partial charge in [-0.2, -0.15) is 0 Å². The molecule has 1 unspecified atom stereocenters. The summed E-state index contributed by atoms with van der Waals surface area (Å²) in [7, 11) is 3.20. The van der Waals surface area contributed by atoms with E-state index in [2.05, 4.69) is 61.5 Å². The van der Waals surface area contributed by atoms with Crippen LogP contribution in [0.5, 0.6) is 11.5 Å². The fourth-order valence-electron chi connectivity index (χ4n) is 6.62. The van der Waals surface area contributed by atoms with E-state index in [9.17, 15) is 19.5 Å². The molecule has 6 aromatic carbocycles. The van der Waals surface area contributed by atoms with Crippen molar-refractivity contribution in [3.63, 3.8) is 0 Å². The van der Waals surface area contributed by atoms with Crippen molar-refractivity contribution >= 4 is 50.1 Å². The van der Waals surface area contributed by atoms with Crippen molar-refractivity contribution in [2.75, 3.05) is 14.2 Å². The standard InChI is InChI=1S/C25H29NO7.C17H12/c1-31-20-11-8-17(9-12-20)25(30)19-10-13-21(32-2)18(16-19)6-4-3-5-7-24(29)33-26-22(27)14-15-23(26)28;1-11-9-14-7-5-12-3-2-4-13-6-8-15(10-11)17(14)16(12)13/h8-13,16,25,30H,3-7,14-15H2,1-2H3;2-10H,1H3. The second kappa shape index (κ2) is 15.4. The van der Waals surface area contributed by atoms with Crippen LogP contribution >= 0.6 is 0 Å². The van der Waals surface area contributed by atoms with Gasteiger partial charge in [-0.25, -0.2) is 4.79 Å². The topological polar surface area (TPSA) is 102 Å². The average Bonchev–Trinajstić information content (AvgIpc) is 3.45. The molecule has 8 nitrogen and oxygen atoms in total. The smallest absolute Gasteiger partial charge is 0.333 e. The first kappa shape index (κ1) is 34.4. The number of aryl methyl sites for hydroxylation is 2. The first-order valence-electron chi connectivity index (χ1n) is 17.0. The van der Waals surface area contributed by atoms with Gasteiger partial charge in [0.2, 0.25) is 0 Å². The van der Waals surface area contributed by atoms with Crippen molar-refractivity contribution in [2.45, 2.75) is 58.0 Å². The van der Waals surface area contributed by atoms with E-state index in [1.807, 2.05) is 42.5 Å². The van der Waals surface area contributed by atoms with Crippen molar-refractivity contribution in [3.05, 3.63) is 119 Å². The van der Waals surface area contributed by atoms with Gasteiger partial charge in [0, 0.05) is 19.3 Å². The predicted molar refractivity (Wildman–Crippen MR) is 194 cm³/mol. The van der Waals surface area contributed by atoms with E-state index in [0.29, 0.717) is 17.9 Å². The zero-order valence-corrected chi connectivity index (χ0v) is 28.6. The fourth-order valence-corrected chi connectivity index (χ4v) is 6.62. The average molecular weight is 672 g/mol. The molecule has 8 heteroatoms. The quantitative estimate of drug-likeness (QED) is 0.0839. The van der Waals surface area contributed by atoms with E-state index in [0.717, 1.165) is 41.0 Å². The molecule has 0 saturated carbocycles. The van der Waals surface area contributed by atoms with Crippen LogP contribution in [0.1, 0.15) is 66.9 Å². The summed E-state index contributed by atoms with van der Waals surface area (Å²) in [6, 6.07) is 32.9. The summed E-state index contributed by atoms with van der Waals surface area (Å²) in [4.78, 5) is 39.8. The maximum Gasteiger partial charge on any atom is 0.333 e. The zero-order valence-electron chi connectivity index (χ0n) is 28.6. The third kappa shape index (κ3) is 7.56. The van der Waals surface area contributed by atoms with Crippen LogP contribution in [0.25, 0.3) is 32.3 Å². The summed E-state index contributed by atoms with van der Waals surface area (Å²) in [6.07, 6.45) is 2.37. The number of aliphatic hydroxyl groups is 1.